The van der Waals surface area contributed by atoms with Crippen LogP contribution in [0.25, 0.3) is 0 Å². The van der Waals surface area contributed by atoms with E-state index in [1.165, 1.54) is 44.1 Å². The second kappa shape index (κ2) is 13.1. The van der Waals surface area contributed by atoms with Crippen LogP contribution in [0.1, 0.15) is 98.8 Å². The average Bonchev–Trinajstić information content (AvgIpc) is 2.38. The first-order valence-corrected chi connectivity index (χ1v) is 9.13. The van der Waals surface area contributed by atoms with E-state index in [2.05, 4.69) is 40.7 Å². The second-order valence-corrected chi connectivity index (χ2v) is 7.20. The summed E-state index contributed by atoms with van der Waals surface area (Å²) in [6.07, 6.45) is 13.7. The van der Waals surface area contributed by atoms with Crippen LogP contribution in [0.5, 0.6) is 0 Å². The van der Waals surface area contributed by atoms with E-state index >= 15 is 0 Å². The van der Waals surface area contributed by atoms with Crippen molar-refractivity contribution in [2.24, 2.45) is 11.8 Å². The molecular weight excluding hydrogens is 256 g/mol. The van der Waals surface area contributed by atoms with Gasteiger partial charge in [-0.05, 0) is 44.4 Å². The first kappa shape index (κ1) is 20.4. The summed E-state index contributed by atoms with van der Waals surface area (Å²) < 4.78 is 0. The number of Topliss-reactive ketones (excluding diaryl/α,β-unsaturated/α-hetero) is 1. The molecule has 1 unspecified atom stereocenters. The van der Waals surface area contributed by atoms with E-state index in [0.29, 0.717) is 5.78 Å². The average molecular weight is 295 g/mol. The molecule has 124 valence electrons. The van der Waals surface area contributed by atoms with Gasteiger partial charge in [0.15, 0.2) is 0 Å². The van der Waals surface area contributed by atoms with Gasteiger partial charge in [-0.1, -0.05) is 65.0 Å². The molecule has 0 aliphatic carbocycles. The van der Waals surface area contributed by atoms with Gasteiger partial charge in [0, 0.05) is 12.8 Å². The van der Waals surface area contributed by atoms with Gasteiger partial charge < -0.3 is 0 Å². The summed E-state index contributed by atoms with van der Waals surface area (Å²) in [7, 11) is 0. The number of rotatable bonds is 13. The summed E-state index contributed by atoms with van der Waals surface area (Å²) in [4.78, 5) is 11.4. The Morgan fingerprint density at radius 2 is 1.62 bits per heavy atom. The van der Waals surface area contributed by atoms with Crippen molar-refractivity contribution in [3.8, 4) is 0 Å². The topological polar surface area (TPSA) is 17.1 Å². The Hall–Kier alpha value is -0.590. The smallest absolute Gasteiger partial charge is 0.133 e. The van der Waals surface area contributed by atoms with Crippen LogP contribution in [0.3, 0.4) is 0 Å². The van der Waals surface area contributed by atoms with Gasteiger partial charge in [0.05, 0.1) is 0 Å². The maximum absolute atomic E-state index is 11.4. The minimum atomic E-state index is 0.417. The Morgan fingerprint density at radius 3 is 2.24 bits per heavy atom. The van der Waals surface area contributed by atoms with Crippen molar-refractivity contribution in [1.82, 2.24) is 0 Å². The highest BCUT2D eigenvalue weighted by Crippen LogP contribution is 2.19. The lowest BCUT2D eigenvalue weighted by molar-refractivity contribution is -0.119. The van der Waals surface area contributed by atoms with Crippen LogP contribution in [-0.2, 0) is 4.79 Å². The number of allylic oxidation sites excluding steroid dienone is 2. The minimum Gasteiger partial charge on any atom is -0.300 e. The third kappa shape index (κ3) is 14.1. The molecule has 0 spiro atoms. The molecule has 1 nitrogen and oxygen atoms in total. The minimum absolute atomic E-state index is 0.417. The van der Waals surface area contributed by atoms with Gasteiger partial charge in [0.25, 0.3) is 0 Å². The number of ketones is 1. The molecule has 0 radical (unpaired) electrons. The van der Waals surface area contributed by atoms with E-state index in [1.807, 2.05) is 0 Å². The predicted octanol–water partition coefficient (Wildman–Crippen LogP) is 6.71. The zero-order valence-corrected chi connectivity index (χ0v) is 15.2. The van der Waals surface area contributed by atoms with Crippen molar-refractivity contribution < 1.29 is 4.79 Å². The summed E-state index contributed by atoms with van der Waals surface area (Å²) >= 11 is 0. The largest absolute Gasteiger partial charge is 0.300 e. The Bertz CT molecular complexity index is 288. The molecule has 0 saturated carbocycles. The first-order chi connectivity index (χ1) is 9.95. The zero-order chi connectivity index (χ0) is 16.1. The summed E-state index contributed by atoms with van der Waals surface area (Å²) in [5, 5.41) is 0. The molecule has 1 heteroatoms. The highest BCUT2D eigenvalue weighted by atomic mass is 16.1. The van der Waals surface area contributed by atoms with Crippen LogP contribution in [-0.4, -0.2) is 5.78 Å². The van der Waals surface area contributed by atoms with Crippen molar-refractivity contribution in [2.45, 2.75) is 98.8 Å². The molecule has 21 heavy (non-hydrogen) atoms. The zero-order valence-electron chi connectivity index (χ0n) is 15.2. The number of carbonyl (C=O) groups is 1. The van der Waals surface area contributed by atoms with Crippen LogP contribution in [0.2, 0.25) is 0 Å². The molecule has 0 saturated heterocycles. The Labute approximate surface area is 133 Å². The van der Waals surface area contributed by atoms with Gasteiger partial charge in [-0.2, -0.15) is 0 Å². The van der Waals surface area contributed by atoms with E-state index < -0.39 is 0 Å². The van der Waals surface area contributed by atoms with Crippen LogP contribution in [0.4, 0.5) is 0 Å². The maximum Gasteiger partial charge on any atom is 0.133 e. The van der Waals surface area contributed by atoms with Gasteiger partial charge >= 0.3 is 0 Å². The Morgan fingerprint density at radius 1 is 0.952 bits per heavy atom. The molecule has 0 N–H and O–H groups in total. The molecule has 0 rings (SSSR count). The second-order valence-electron chi connectivity index (χ2n) is 7.20. The van der Waals surface area contributed by atoms with Crippen LogP contribution in [0, 0.1) is 11.8 Å². The monoisotopic (exact) mass is 294 g/mol. The molecular formula is C20H38O. The van der Waals surface area contributed by atoms with Crippen molar-refractivity contribution >= 4 is 5.78 Å². The van der Waals surface area contributed by atoms with Crippen LogP contribution < -0.4 is 0 Å². The van der Waals surface area contributed by atoms with Crippen molar-refractivity contribution in [1.29, 1.82) is 0 Å². The molecule has 0 heterocycles. The number of hydrogen-bond acceptors (Lipinski definition) is 1. The van der Waals surface area contributed by atoms with E-state index in [9.17, 15) is 4.79 Å². The molecule has 0 aromatic carbocycles. The molecule has 0 fully saturated rings. The first-order valence-electron chi connectivity index (χ1n) is 9.13. The van der Waals surface area contributed by atoms with Crippen LogP contribution in [0.15, 0.2) is 11.6 Å². The lowest BCUT2D eigenvalue weighted by Gasteiger charge is -2.12. The standard InChI is InChI=1S/C20H38O/c1-6-10-20(21)16-9-15-19(5)14-8-13-18(4)12-7-11-17(2)3/h15,17-18H,6-14,16H2,1-5H3. The van der Waals surface area contributed by atoms with Crippen molar-refractivity contribution in [3.63, 3.8) is 0 Å². The summed E-state index contributed by atoms with van der Waals surface area (Å²) in [6, 6.07) is 0. The predicted molar refractivity (Wildman–Crippen MR) is 94.6 cm³/mol. The maximum atomic E-state index is 11.4. The van der Waals surface area contributed by atoms with Crippen molar-refractivity contribution in [2.75, 3.05) is 0 Å². The highest BCUT2D eigenvalue weighted by molar-refractivity contribution is 5.78. The fourth-order valence-electron chi connectivity index (χ4n) is 2.73. The molecule has 1 atom stereocenters. The fourth-order valence-corrected chi connectivity index (χ4v) is 2.73. The molecule has 0 aliphatic heterocycles. The van der Waals surface area contributed by atoms with E-state index in [1.54, 1.807) is 0 Å². The van der Waals surface area contributed by atoms with E-state index in [-0.39, 0.29) is 0 Å². The van der Waals surface area contributed by atoms with Crippen molar-refractivity contribution in [3.05, 3.63) is 11.6 Å². The van der Waals surface area contributed by atoms with Gasteiger partial charge in [0.1, 0.15) is 5.78 Å². The lowest BCUT2D eigenvalue weighted by Crippen LogP contribution is -1.97. The quantitative estimate of drug-likeness (QED) is 0.345. The number of hydrogen-bond donors (Lipinski definition) is 0. The lowest BCUT2D eigenvalue weighted by atomic mass is 9.94. The normalized spacial score (nSPS) is 13.7. The van der Waals surface area contributed by atoms with E-state index in [0.717, 1.165) is 37.5 Å². The van der Waals surface area contributed by atoms with Gasteiger partial charge in [-0.3, -0.25) is 4.79 Å². The SMILES string of the molecule is CCCC(=O)CCC=C(C)CCCC(C)CCCC(C)C. The third-order valence-electron chi connectivity index (χ3n) is 4.19. The third-order valence-corrected chi connectivity index (χ3v) is 4.19. The Balaban J connectivity index is 3.63. The molecule has 0 amide bonds. The molecule has 0 aliphatic rings. The summed E-state index contributed by atoms with van der Waals surface area (Å²) in [5.74, 6) is 2.13. The highest BCUT2D eigenvalue weighted by Gasteiger charge is 2.04. The summed E-state index contributed by atoms with van der Waals surface area (Å²) in [6.45, 7) is 11.3. The molecule has 0 bridgehead atoms. The number of carbonyl (C=O) groups excluding carboxylic acids is 1. The van der Waals surface area contributed by atoms with Crippen LogP contribution >= 0.6 is 0 Å². The van der Waals surface area contributed by atoms with Gasteiger partial charge in [-0.15, -0.1) is 0 Å². The van der Waals surface area contributed by atoms with Gasteiger partial charge in [-0.25, -0.2) is 0 Å². The Kier molecular flexibility index (Phi) is 12.7. The fraction of sp³-hybridized carbons (Fsp3) is 0.850. The van der Waals surface area contributed by atoms with E-state index in [4.69, 9.17) is 0 Å². The summed E-state index contributed by atoms with van der Waals surface area (Å²) in [5.41, 5.74) is 1.47. The van der Waals surface area contributed by atoms with Gasteiger partial charge in [0.2, 0.25) is 0 Å². The molecule has 0 aromatic heterocycles. The molecule has 0 aromatic rings.